The van der Waals surface area contributed by atoms with Crippen LogP contribution in [0.15, 0.2) is 107 Å². The number of primary amides is 2. The van der Waals surface area contributed by atoms with Crippen LogP contribution in [0.1, 0.15) is 209 Å². The Bertz CT molecular complexity index is 4140. The predicted octanol–water partition coefficient (Wildman–Crippen LogP) is 5.02. The number of carbonyl (C=O) groups is 11. The van der Waals surface area contributed by atoms with Gasteiger partial charge in [0, 0.05) is 59.7 Å². The van der Waals surface area contributed by atoms with E-state index in [-0.39, 0.29) is 117 Å². The molecule has 4 aromatic carbocycles. The quantitative estimate of drug-likeness (QED) is 0.0157. The van der Waals surface area contributed by atoms with Gasteiger partial charge >= 0.3 is 0 Å². The number of likely N-dealkylation sites (N-methyl/N-ethyl adjacent to an activating group) is 1. The van der Waals surface area contributed by atoms with Gasteiger partial charge in [0.25, 0.3) is 0 Å². The fraction of sp³-hybridized carbons (Fsp3) is 0.620. The van der Waals surface area contributed by atoms with Crippen LogP contribution >= 0.6 is 0 Å². The highest BCUT2D eigenvalue weighted by Gasteiger charge is 2.38. The molecule has 126 heavy (non-hydrogen) atoms. The lowest BCUT2D eigenvalue weighted by Crippen LogP contribution is -2.61. The first-order valence-electron chi connectivity index (χ1n) is 44.2. The summed E-state index contributed by atoms with van der Waals surface area (Å²) in [5, 5.41) is 37.4. The van der Waals surface area contributed by atoms with Crippen molar-refractivity contribution in [2.24, 2.45) is 61.6 Å². The van der Waals surface area contributed by atoms with Crippen LogP contribution in [0.2, 0.25) is 0 Å². The minimum absolute atomic E-state index is 0.00180. The number of benzene rings is 4. The Labute approximate surface area is 744 Å². The third-order valence-corrected chi connectivity index (χ3v) is 22.3. The molecule has 11 amide bonds. The first-order chi connectivity index (χ1) is 59.5. The Balaban J connectivity index is 1.49. The first-order valence-corrected chi connectivity index (χ1v) is 44.2. The van der Waals surface area contributed by atoms with Crippen molar-refractivity contribution in [1.29, 1.82) is 0 Å². The first kappa shape index (κ1) is 108. The van der Waals surface area contributed by atoms with Crippen LogP contribution in [0.4, 0.5) is 0 Å². The molecule has 0 spiro atoms. The summed E-state index contributed by atoms with van der Waals surface area (Å²) < 4.78 is 24.5. The standard InChI is InChI=1S/C92H148N18O16/c1-15-17-27-62(16-2)56-92(12,123-14)43-49-126-91(10,11)41-26-45-99-44-25-40-90(8,9)125-48-42-89(6,7)59-102-77(113)57-124-58-78(114)103-73(53-64-35-38-68(111)39-36-64)83(119)109-75(54-65-34-37-66-30-21-22-31-67(66)51-65)85(121)107-72(50-60(3)4)82(118)108-74(52-63-28-19-18-20-29-63)84(120)105-70(33-24-47-101-88(97)98)86(122)110(13)61(5)80(116)104-69(32-23-46-100-87(95)96)81(117)106-71(79(94)115)55-76(93)112/h18-22,28-31,34-39,51,60-62,69-75,99,111H,15-17,23-27,32-33,40-50,52-59H2,1-14H3,(H2,93,112)(H2,94,115)(H,102,113)(H,103,114)(H,104,116)(H,105,120)(H,106,117)(H,107,121)(H,108,118)(H,109,119)(H4,95,96,100)(H4,97,98,101). The molecule has 702 valence electrons. The Morgan fingerprint density at radius 3 is 1.52 bits per heavy atom. The van der Waals surface area contributed by atoms with E-state index in [4.69, 9.17) is 53.3 Å². The monoisotopic (exact) mass is 1760 g/mol. The number of amides is 11. The lowest BCUT2D eigenvalue weighted by molar-refractivity contribution is -0.142. The molecule has 0 aliphatic heterocycles. The topological polar surface area (TPSA) is 537 Å². The lowest BCUT2D eigenvalue weighted by atomic mass is 9.85. The molecule has 0 bridgehead atoms. The van der Waals surface area contributed by atoms with Crippen LogP contribution in [0.3, 0.4) is 0 Å². The SMILES string of the molecule is CCCCC(CC)CC(C)(CCOC(C)(C)CCCNCCCC(C)(C)OCCC(C)(C)CNC(=O)COCC(=O)NC(Cc1ccc(O)cc1)C(=O)NC(Cc1ccc2ccccc2c1)C(=O)NC(CC(C)C)C(=O)NC(Cc1ccccc1)C(=O)NC(CCCN=C(N)N)C(=O)N(C)C(C)C(=O)NC(CCCN=C(N)N)C(=O)NC(CC(N)=O)C(N)=O)OC. The number of hydrogen-bond acceptors (Lipinski definition) is 19. The maximum absolute atomic E-state index is 15.3. The number of phenols is 1. The second-order valence-corrected chi connectivity index (χ2v) is 35.5. The van der Waals surface area contributed by atoms with Crippen molar-refractivity contribution in [3.8, 4) is 5.75 Å². The fourth-order valence-electron chi connectivity index (χ4n) is 14.4. The minimum Gasteiger partial charge on any atom is -0.508 e. The summed E-state index contributed by atoms with van der Waals surface area (Å²) in [5.74, 6) is -9.39. The maximum atomic E-state index is 15.3. The van der Waals surface area contributed by atoms with Crippen LogP contribution in [-0.4, -0.2) is 225 Å². The number of phenolic OH excluding ortho intramolecular Hbond substituents is 1. The average molecular weight is 1760 g/mol. The maximum Gasteiger partial charge on any atom is 0.246 e. The van der Waals surface area contributed by atoms with E-state index >= 15 is 19.2 Å². The number of ether oxygens (including phenoxy) is 4. The van der Waals surface area contributed by atoms with E-state index in [1.54, 1.807) is 48.5 Å². The Morgan fingerprint density at radius 2 is 0.976 bits per heavy atom. The van der Waals surface area contributed by atoms with Gasteiger partial charge in [0.2, 0.25) is 65.0 Å². The van der Waals surface area contributed by atoms with Crippen LogP contribution in [0, 0.1) is 17.3 Å². The van der Waals surface area contributed by atoms with Crippen LogP contribution in [-0.2, 0) is 90.9 Å². The molecular weight excluding hydrogens is 1610 g/mol. The molecule has 0 aromatic heterocycles. The number of methoxy groups -OCH3 is 1. The number of nitrogens with two attached hydrogens (primary N) is 6. The van der Waals surface area contributed by atoms with E-state index in [2.05, 4.69) is 106 Å². The van der Waals surface area contributed by atoms with Gasteiger partial charge in [-0.2, -0.15) is 0 Å². The van der Waals surface area contributed by atoms with E-state index in [9.17, 15) is 38.7 Å². The third-order valence-electron chi connectivity index (χ3n) is 22.3. The van der Waals surface area contributed by atoms with Crippen molar-refractivity contribution >= 4 is 87.7 Å². The molecular formula is C92H148N18O16. The molecule has 10 unspecified atom stereocenters. The zero-order valence-corrected chi connectivity index (χ0v) is 76.9. The molecule has 0 radical (unpaired) electrons. The molecule has 4 aromatic rings. The minimum atomic E-state index is -1.54. The summed E-state index contributed by atoms with van der Waals surface area (Å²) in [5.41, 5.74) is 33.5. The number of nitrogens with one attached hydrogen (secondary N) is 9. The molecule has 22 N–H and O–H groups in total. The number of unbranched alkanes of at least 4 members (excludes halogenated alkanes) is 1. The molecule has 0 aliphatic rings. The molecule has 0 saturated heterocycles. The normalized spacial score (nSPS) is 14.3. The van der Waals surface area contributed by atoms with Crippen LogP contribution < -0.4 is 82.3 Å². The van der Waals surface area contributed by atoms with Gasteiger partial charge in [-0.15, -0.1) is 0 Å². The molecule has 4 rings (SSSR count). The Morgan fingerprint density at radius 1 is 0.500 bits per heavy atom. The van der Waals surface area contributed by atoms with E-state index < -0.39 is 133 Å². The highest BCUT2D eigenvalue weighted by molar-refractivity contribution is 5.99. The largest absolute Gasteiger partial charge is 0.508 e. The zero-order valence-electron chi connectivity index (χ0n) is 76.9. The fourth-order valence-corrected chi connectivity index (χ4v) is 14.4. The van der Waals surface area contributed by atoms with Gasteiger partial charge in [0.1, 0.15) is 67.3 Å². The van der Waals surface area contributed by atoms with Gasteiger partial charge in [0.15, 0.2) is 11.9 Å². The molecule has 10 atom stereocenters. The number of aliphatic imine (C=N–C) groups is 2. The number of rotatable bonds is 63. The second-order valence-electron chi connectivity index (χ2n) is 35.5. The van der Waals surface area contributed by atoms with E-state index in [0.29, 0.717) is 42.2 Å². The van der Waals surface area contributed by atoms with Gasteiger partial charge in [-0.05, 0) is 189 Å². The highest BCUT2D eigenvalue weighted by Crippen LogP contribution is 2.31. The lowest BCUT2D eigenvalue weighted by Gasteiger charge is -2.34. The predicted molar refractivity (Wildman–Crippen MR) is 489 cm³/mol. The molecule has 0 heterocycles. The Kier molecular flexibility index (Phi) is 47.2. The number of aromatic hydroxyl groups is 1. The molecule has 0 fully saturated rings. The average Bonchev–Trinajstić information content (AvgIpc) is 0.776. The van der Waals surface area contributed by atoms with Gasteiger partial charge in [0.05, 0.1) is 29.8 Å². The van der Waals surface area contributed by atoms with Crippen molar-refractivity contribution in [2.45, 2.75) is 277 Å². The third kappa shape index (κ3) is 42.6. The van der Waals surface area contributed by atoms with E-state index in [1.807, 2.05) is 71.2 Å². The number of hydrogen-bond donors (Lipinski definition) is 16. The molecule has 0 saturated carbocycles. The summed E-state index contributed by atoms with van der Waals surface area (Å²) in [6.45, 7) is 26.3. The number of carbonyl (C=O) groups excluding carboxylic acids is 11. The van der Waals surface area contributed by atoms with Crippen molar-refractivity contribution in [3.05, 3.63) is 114 Å². The van der Waals surface area contributed by atoms with E-state index in [1.165, 1.54) is 45.4 Å². The summed E-state index contributed by atoms with van der Waals surface area (Å²) in [6.07, 6.45) is 10.0. The smallest absolute Gasteiger partial charge is 0.246 e. The van der Waals surface area contributed by atoms with E-state index in [0.717, 1.165) is 73.7 Å². The van der Waals surface area contributed by atoms with Gasteiger partial charge in [-0.3, -0.25) is 62.7 Å². The molecule has 0 aliphatic carbocycles. The van der Waals surface area contributed by atoms with Crippen molar-refractivity contribution in [2.75, 3.05) is 73.3 Å². The van der Waals surface area contributed by atoms with Gasteiger partial charge < -0.3 is 111 Å². The van der Waals surface area contributed by atoms with Gasteiger partial charge in [-0.1, -0.05) is 152 Å². The molecule has 34 heteroatoms. The zero-order chi connectivity index (χ0) is 93.7. The summed E-state index contributed by atoms with van der Waals surface area (Å²) in [7, 11) is 3.11. The van der Waals surface area contributed by atoms with Crippen molar-refractivity contribution in [1.82, 2.24) is 52.8 Å². The number of fused-ring (bicyclic) bond motifs is 1. The summed E-state index contributed by atoms with van der Waals surface area (Å²) in [4.78, 5) is 163. The van der Waals surface area contributed by atoms with Crippen LogP contribution in [0.5, 0.6) is 5.75 Å². The summed E-state index contributed by atoms with van der Waals surface area (Å²) >= 11 is 0. The van der Waals surface area contributed by atoms with Gasteiger partial charge in [-0.25, -0.2) is 0 Å². The van der Waals surface area contributed by atoms with Crippen LogP contribution in [0.25, 0.3) is 10.8 Å². The van der Waals surface area contributed by atoms with Crippen molar-refractivity contribution < 1.29 is 76.8 Å². The number of nitrogens with zero attached hydrogens (tertiary/aromatic N) is 3. The highest BCUT2D eigenvalue weighted by atomic mass is 16.5. The van der Waals surface area contributed by atoms with Crippen molar-refractivity contribution in [3.63, 3.8) is 0 Å². The number of guanidine groups is 2. The Hall–Kier alpha value is -10.5. The second kappa shape index (κ2) is 55.1. The summed E-state index contributed by atoms with van der Waals surface area (Å²) in [6, 6.07) is 16.2. The molecule has 34 nitrogen and oxygen atoms in total.